The van der Waals surface area contributed by atoms with Gasteiger partial charge in [0.25, 0.3) is 5.69 Å². The van der Waals surface area contributed by atoms with Gasteiger partial charge in [-0.2, -0.15) is 0 Å². The van der Waals surface area contributed by atoms with E-state index in [0.717, 1.165) is 0 Å². The Labute approximate surface area is 137 Å². The lowest BCUT2D eigenvalue weighted by Crippen LogP contribution is -2.51. The van der Waals surface area contributed by atoms with Gasteiger partial charge in [0.1, 0.15) is 24.6 Å². The van der Waals surface area contributed by atoms with E-state index < -0.39 is 36.1 Å². The van der Waals surface area contributed by atoms with Crippen LogP contribution < -0.4 is 4.74 Å². The third-order valence-corrected chi connectivity index (χ3v) is 3.56. The highest BCUT2D eigenvalue weighted by Gasteiger charge is 2.37. The largest absolute Gasteiger partial charge is 0.464 e. The first-order valence-corrected chi connectivity index (χ1v) is 7.18. The van der Waals surface area contributed by atoms with Crippen molar-refractivity contribution >= 4 is 5.69 Å². The molecule has 10 heteroatoms. The minimum atomic E-state index is -1.22. The van der Waals surface area contributed by atoms with E-state index in [2.05, 4.69) is 4.89 Å². The summed E-state index contributed by atoms with van der Waals surface area (Å²) in [5, 5.41) is 39.5. The number of nitrogens with zero attached hydrogens (tertiary/aromatic N) is 1. The second-order valence-corrected chi connectivity index (χ2v) is 5.18. The molecule has 24 heavy (non-hydrogen) atoms. The first kappa shape index (κ1) is 18.5. The van der Waals surface area contributed by atoms with E-state index in [1.54, 1.807) is 0 Å². The van der Waals surface area contributed by atoms with Gasteiger partial charge in [-0.3, -0.25) is 10.1 Å². The van der Waals surface area contributed by atoms with Crippen LogP contribution in [0, 0.1) is 10.1 Å². The van der Waals surface area contributed by atoms with E-state index in [1.807, 2.05) is 0 Å². The van der Waals surface area contributed by atoms with Crippen LogP contribution in [-0.4, -0.2) is 58.6 Å². The normalized spacial score (nSPS) is 27.0. The SMILES string of the molecule is COOCc1cc([N+](=O)[O-])ccc1O[C@H]1C[C@@H](O)[C@H](O)C(CO)O1. The second kappa shape index (κ2) is 8.33. The third-order valence-electron chi connectivity index (χ3n) is 3.56. The fourth-order valence-electron chi connectivity index (χ4n) is 2.31. The fourth-order valence-corrected chi connectivity index (χ4v) is 2.31. The zero-order valence-corrected chi connectivity index (χ0v) is 12.9. The number of non-ortho nitro benzene ring substituents is 1. The Kier molecular flexibility index (Phi) is 6.43. The summed E-state index contributed by atoms with van der Waals surface area (Å²) in [6.07, 6.45) is -4.31. The molecule has 0 amide bonds. The molecule has 1 fully saturated rings. The summed E-state index contributed by atoms with van der Waals surface area (Å²) in [5.41, 5.74) is 0.195. The number of ether oxygens (including phenoxy) is 2. The van der Waals surface area contributed by atoms with Crippen LogP contribution in [-0.2, 0) is 21.1 Å². The van der Waals surface area contributed by atoms with Crippen molar-refractivity contribution in [3.8, 4) is 5.75 Å². The highest BCUT2D eigenvalue weighted by molar-refractivity contribution is 5.43. The molecule has 1 aromatic carbocycles. The van der Waals surface area contributed by atoms with E-state index >= 15 is 0 Å². The van der Waals surface area contributed by atoms with E-state index in [9.17, 15) is 20.3 Å². The number of aliphatic hydroxyl groups is 3. The van der Waals surface area contributed by atoms with Gasteiger partial charge in [-0.15, -0.1) is 0 Å². The van der Waals surface area contributed by atoms with Gasteiger partial charge in [0, 0.05) is 24.1 Å². The van der Waals surface area contributed by atoms with Crippen LogP contribution in [0.1, 0.15) is 12.0 Å². The molecule has 3 N–H and O–H groups in total. The summed E-state index contributed by atoms with van der Waals surface area (Å²) < 4.78 is 11.0. The predicted octanol–water partition coefficient (Wildman–Crippen LogP) is -0.119. The minimum absolute atomic E-state index is 0.0285. The Morgan fingerprint density at radius 2 is 2.17 bits per heavy atom. The number of nitro benzene ring substituents is 1. The molecule has 4 atom stereocenters. The number of rotatable bonds is 7. The monoisotopic (exact) mass is 345 g/mol. The van der Waals surface area contributed by atoms with Crippen LogP contribution >= 0.6 is 0 Å². The van der Waals surface area contributed by atoms with Crippen LogP contribution in [0.2, 0.25) is 0 Å². The van der Waals surface area contributed by atoms with E-state index in [4.69, 9.17) is 19.5 Å². The Bertz CT molecular complexity index is 567. The van der Waals surface area contributed by atoms with Crippen LogP contribution in [0.4, 0.5) is 5.69 Å². The molecule has 1 heterocycles. The number of aliphatic hydroxyl groups excluding tert-OH is 3. The zero-order valence-electron chi connectivity index (χ0n) is 12.9. The van der Waals surface area contributed by atoms with Gasteiger partial charge in [-0.1, -0.05) is 0 Å². The van der Waals surface area contributed by atoms with Crippen molar-refractivity contribution in [1.29, 1.82) is 0 Å². The van der Waals surface area contributed by atoms with Gasteiger partial charge in [-0.25, -0.2) is 9.78 Å². The van der Waals surface area contributed by atoms with Crippen LogP contribution in [0.15, 0.2) is 18.2 Å². The van der Waals surface area contributed by atoms with Crippen molar-refractivity contribution in [1.82, 2.24) is 0 Å². The van der Waals surface area contributed by atoms with Gasteiger partial charge in [0.2, 0.25) is 6.29 Å². The summed E-state index contributed by atoms with van der Waals surface area (Å²) in [7, 11) is 1.30. The van der Waals surface area contributed by atoms with Crippen molar-refractivity contribution in [2.45, 2.75) is 37.6 Å². The van der Waals surface area contributed by atoms with Gasteiger partial charge >= 0.3 is 0 Å². The van der Waals surface area contributed by atoms with E-state index in [1.165, 1.54) is 25.3 Å². The summed E-state index contributed by atoms with van der Waals surface area (Å²) in [4.78, 5) is 19.6. The molecule has 0 radical (unpaired) electrons. The third kappa shape index (κ3) is 4.38. The average Bonchev–Trinajstić information content (AvgIpc) is 2.56. The number of nitro groups is 1. The molecule has 1 aromatic rings. The highest BCUT2D eigenvalue weighted by atomic mass is 17.2. The average molecular weight is 345 g/mol. The molecule has 10 nitrogen and oxygen atoms in total. The lowest BCUT2D eigenvalue weighted by Gasteiger charge is -2.36. The molecule has 0 spiro atoms. The summed E-state index contributed by atoms with van der Waals surface area (Å²) >= 11 is 0. The van der Waals surface area contributed by atoms with Gasteiger partial charge in [0.15, 0.2) is 0 Å². The molecular formula is C14H19NO9. The predicted molar refractivity (Wildman–Crippen MR) is 77.9 cm³/mol. The Morgan fingerprint density at radius 3 is 2.79 bits per heavy atom. The van der Waals surface area contributed by atoms with Gasteiger partial charge in [0.05, 0.1) is 24.7 Å². The summed E-state index contributed by atoms with van der Waals surface area (Å²) in [5.74, 6) is 0.239. The molecule has 0 saturated carbocycles. The van der Waals surface area contributed by atoms with Crippen molar-refractivity contribution in [3.05, 3.63) is 33.9 Å². The molecule has 1 unspecified atom stereocenters. The Hall–Kier alpha value is -1.82. The maximum atomic E-state index is 10.9. The molecular weight excluding hydrogens is 326 g/mol. The Morgan fingerprint density at radius 1 is 1.42 bits per heavy atom. The van der Waals surface area contributed by atoms with Crippen molar-refractivity contribution in [3.63, 3.8) is 0 Å². The highest BCUT2D eigenvalue weighted by Crippen LogP contribution is 2.29. The van der Waals surface area contributed by atoms with Crippen molar-refractivity contribution < 1.29 is 39.5 Å². The molecule has 1 aliphatic heterocycles. The van der Waals surface area contributed by atoms with E-state index in [-0.39, 0.29) is 24.5 Å². The number of hydrogen-bond acceptors (Lipinski definition) is 9. The molecule has 2 rings (SSSR count). The molecule has 134 valence electrons. The minimum Gasteiger partial charge on any atom is -0.464 e. The molecule has 0 aliphatic carbocycles. The van der Waals surface area contributed by atoms with Crippen molar-refractivity contribution in [2.24, 2.45) is 0 Å². The second-order valence-electron chi connectivity index (χ2n) is 5.18. The lowest BCUT2D eigenvalue weighted by atomic mass is 10.0. The molecule has 1 saturated heterocycles. The zero-order chi connectivity index (χ0) is 17.7. The standard InChI is InChI=1S/C14H19NO9/c1-21-22-7-8-4-9(15(19)20)2-3-11(8)23-13-5-10(17)14(18)12(6-16)24-13/h2-4,10,12-14,16-18H,5-7H2,1H3/t10-,12?,13-,14+/m1/s1. The molecule has 1 aliphatic rings. The van der Waals surface area contributed by atoms with E-state index in [0.29, 0.717) is 5.56 Å². The quantitative estimate of drug-likeness (QED) is 0.350. The number of hydrogen-bond donors (Lipinski definition) is 3. The molecule has 0 aromatic heterocycles. The van der Waals surface area contributed by atoms with Crippen LogP contribution in [0.3, 0.4) is 0 Å². The van der Waals surface area contributed by atoms with Crippen molar-refractivity contribution in [2.75, 3.05) is 13.7 Å². The molecule has 0 bridgehead atoms. The maximum Gasteiger partial charge on any atom is 0.270 e. The van der Waals surface area contributed by atoms with Crippen LogP contribution in [0.25, 0.3) is 0 Å². The summed E-state index contributed by atoms with van der Waals surface area (Å²) in [6, 6.07) is 3.90. The number of benzene rings is 1. The topological polar surface area (TPSA) is 141 Å². The van der Waals surface area contributed by atoms with Gasteiger partial charge < -0.3 is 24.8 Å². The van der Waals surface area contributed by atoms with Crippen LogP contribution in [0.5, 0.6) is 5.75 Å². The summed E-state index contributed by atoms with van der Waals surface area (Å²) in [6.45, 7) is -0.590. The first-order valence-electron chi connectivity index (χ1n) is 7.18. The first-order chi connectivity index (χ1) is 11.5. The smallest absolute Gasteiger partial charge is 0.270 e. The maximum absolute atomic E-state index is 10.9. The lowest BCUT2D eigenvalue weighted by molar-refractivity contribution is -0.385. The fraction of sp³-hybridized carbons (Fsp3) is 0.571. The Balaban J connectivity index is 2.17. The van der Waals surface area contributed by atoms with Gasteiger partial charge in [-0.05, 0) is 6.07 Å².